The predicted octanol–water partition coefficient (Wildman–Crippen LogP) is 2.49. The molecule has 1 aliphatic heterocycles. The molecule has 2 rings (SSSR count). The molecule has 0 radical (unpaired) electrons. The first kappa shape index (κ1) is 11.5. The van der Waals surface area contributed by atoms with Crippen LogP contribution in [-0.4, -0.2) is 19.6 Å². The van der Waals surface area contributed by atoms with Gasteiger partial charge in [0, 0.05) is 18.8 Å². The van der Waals surface area contributed by atoms with Crippen molar-refractivity contribution in [2.75, 3.05) is 24.5 Å². The Morgan fingerprint density at radius 2 is 1.94 bits per heavy atom. The highest BCUT2D eigenvalue weighted by Crippen LogP contribution is 2.24. The van der Waals surface area contributed by atoms with Crippen molar-refractivity contribution in [3.63, 3.8) is 0 Å². The zero-order chi connectivity index (χ0) is 11.4. The summed E-state index contributed by atoms with van der Waals surface area (Å²) in [4.78, 5) is 2.52. The van der Waals surface area contributed by atoms with Gasteiger partial charge in [-0.15, -0.1) is 0 Å². The molecule has 0 unspecified atom stereocenters. The van der Waals surface area contributed by atoms with Crippen LogP contribution in [-0.2, 0) is 6.42 Å². The van der Waals surface area contributed by atoms with Gasteiger partial charge in [0.05, 0.1) is 0 Å². The number of hydrogen-bond donors (Lipinski definition) is 1. The van der Waals surface area contributed by atoms with Gasteiger partial charge in [0.25, 0.3) is 0 Å². The zero-order valence-corrected chi connectivity index (χ0v) is 10.2. The maximum absolute atomic E-state index is 5.58. The first-order valence-electron chi connectivity index (χ1n) is 6.36. The molecule has 1 saturated heterocycles. The van der Waals surface area contributed by atoms with Crippen LogP contribution in [0.5, 0.6) is 0 Å². The third-order valence-corrected chi connectivity index (χ3v) is 3.39. The fourth-order valence-corrected chi connectivity index (χ4v) is 2.53. The van der Waals surface area contributed by atoms with E-state index in [1.165, 1.54) is 49.2 Å². The molecule has 1 fully saturated rings. The lowest BCUT2D eigenvalue weighted by Crippen LogP contribution is -2.29. The topological polar surface area (TPSA) is 29.3 Å². The maximum Gasteiger partial charge on any atom is 0.0396 e. The van der Waals surface area contributed by atoms with Gasteiger partial charge in [-0.05, 0) is 56.3 Å². The van der Waals surface area contributed by atoms with E-state index in [1.54, 1.807) is 0 Å². The molecule has 2 N–H and O–H groups in total. The molecule has 2 heteroatoms. The van der Waals surface area contributed by atoms with Crippen LogP contribution in [0, 0.1) is 6.92 Å². The van der Waals surface area contributed by atoms with Crippen molar-refractivity contribution >= 4 is 5.69 Å². The highest BCUT2D eigenvalue weighted by Gasteiger charge is 2.12. The van der Waals surface area contributed by atoms with Crippen molar-refractivity contribution in [1.29, 1.82) is 0 Å². The molecule has 2 nitrogen and oxygen atoms in total. The average molecular weight is 218 g/mol. The van der Waals surface area contributed by atoms with Crippen molar-refractivity contribution in [1.82, 2.24) is 0 Å². The van der Waals surface area contributed by atoms with E-state index < -0.39 is 0 Å². The summed E-state index contributed by atoms with van der Waals surface area (Å²) in [6.07, 6.45) is 5.05. The largest absolute Gasteiger partial charge is 0.371 e. The van der Waals surface area contributed by atoms with Crippen LogP contribution in [0.1, 0.15) is 30.4 Å². The number of nitrogens with zero attached hydrogens (tertiary/aromatic N) is 1. The molecule has 1 aliphatic rings. The second kappa shape index (κ2) is 5.35. The lowest BCUT2D eigenvalue weighted by molar-refractivity contribution is 0.577. The average Bonchev–Trinajstić information content (AvgIpc) is 2.31. The number of nitrogens with two attached hydrogens (primary N) is 1. The lowest BCUT2D eigenvalue weighted by atomic mass is 10.0. The predicted molar refractivity (Wildman–Crippen MR) is 70.0 cm³/mol. The molecule has 1 aromatic carbocycles. The monoisotopic (exact) mass is 218 g/mol. The molecular weight excluding hydrogens is 196 g/mol. The van der Waals surface area contributed by atoms with Gasteiger partial charge in [-0.25, -0.2) is 0 Å². The van der Waals surface area contributed by atoms with E-state index in [4.69, 9.17) is 5.73 Å². The molecule has 0 atom stereocenters. The molecule has 0 bridgehead atoms. The van der Waals surface area contributed by atoms with Crippen LogP contribution in [0.4, 0.5) is 5.69 Å². The van der Waals surface area contributed by atoms with Gasteiger partial charge in [-0.1, -0.05) is 12.1 Å². The molecule has 1 heterocycles. The Morgan fingerprint density at radius 1 is 1.19 bits per heavy atom. The van der Waals surface area contributed by atoms with Gasteiger partial charge < -0.3 is 10.6 Å². The van der Waals surface area contributed by atoms with Gasteiger partial charge >= 0.3 is 0 Å². The fraction of sp³-hybridized carbons (Fsp3) is 0.571. The van der Waals surface area contributed by atoms with E-state index in [0.29, 0.717) is 0 Å². The van der Waals surface area contributed by atoms with E-state index in [2.05, 4.69) is 30.0 Å². The molecule has 0 aliphatic carbocycles. The van der Waals surface area contributed by atoms with Crippen molar-refractivity contribution < 1.29 is 0 Å². The number of benzene rings is 1. The standard InChI is InChI=1S/C14H22N2/c1-12-11-13(7-8-15)5-6-14(12)16-9-3-2-4-10-16/h5-6,11H,2-4,7-10,15H2,1H3. The number of rotatable bonds is 3. The number of aryl methyl sites for hydroxylation is 1. The molecule has 1 aromatic rings. The van der Waals surface area contributed by atoms with Crippen LogP contribution < -0.4 is 10.6 Å². The molecule has 88 valence electrons. The van der Waals surface area contributed by atoms with Crippen molar-refractivity contribution in [3.8, 4) is 0 Å². The molecule has 0 aromatic heterocycles. The molecule has 0 spiro atoms. The minimum atomic E-state index is 0.739. The van der Waals surface area contributed by atoms with Crippen molar-refractivity contribution in [3.05, 3.63) is 29.3 Å². The fourth-order valence-electron chi connectivity index (χ4n) is 2.53. The van der Waals surface area contributed by atoms with Gasteiger partial charge in [0.15, 0.2) is 0 Å². The quantitative estimate of drug-likeness (QED) is 0.844. The smallest absolute Gasteiger partial charge is 0.0396 e. The Kier molecular flexibility index (Phi) is 3.83. The molecule has 0 saturated carbocycles. The highest BCUT2D eigenvalue weighted by molar-refractivity contribution is 5.54. The van der Waals surface area contributed by atoms with Gasteiger partial charge in [-0.2, -0.15) is 0 Å². The first-order valence-corrected chi connectivity index (χ1v) is 6.36. The Morgan fingerprint density at radius 3 is 2.56 bits per heavy atom. The number of anilines is 1. The van der Waals surface area contributed by atoms with Gasteiger partial charge in [0.2, 0.25) is 0 Å². The summed E-state index contributed by atoms with van der Waals surface area (Å²) in [6, 6.07) is 6.78. The Bertz CT molecular complexity index is 341. The SMILES string of the molecule is Cc1cc(CCN)ccc1N1CCCCC1. The number of piperidine rings is 1. The summed E-state index contributed by atoms with van der Waals surface area (Å²) >= 11 is 0. The molecule has 0 amide bonds. The third-order valence-electron chi connectivity index (χ3n) is 3.39. The van der Waals surface area contributed by atoms with E-state index in [0.717, 1.165) is 13.0 Å². The summed E-state index contributed by atoms with van der Waals surface area (Å²) in [5.41, 5.74) is 9.76. The zero-order valence-electron chi connectivity index (χ0n) is 10.2. The van der Waals surface area contributed by atoms with Crippen LogP contribution in [0.2, 0.25) is 0 Å². The Balaban J connectivity index is 2.14. The van der Waals surface area contributed by atoms with E-state index in [1.807, 2.05) is 0 Å². The maximum atomic E-state index is 5.58. The lowest BCUT2D eigenvalue weighted by Gasteiger charge is -2.30. The van der Waals surface area contributed by atoms with E-state index in [-0.39, 0.29) is 0 Å². The summed E-state index contributed by atoms with van der Waals surface area (Å²) in [6.45, 7) is 5.39. The van der Waals surface area contributed by atoms with Gasteiger partial charge in [-0.3, -0.25) is 0 Å². The van der Waals surface area contributed by atoms with Crippen molar-refractivity contribution in [2.45, 2.75) is 32.6 Å². The van der Waals surface area contributed by atoms with Crippen LogP contribution >= 0.6 is 0 Å². The second-order valence-electron chi connectivity index (χ2n) is 4.71. The third kappa shape index (κ3) is 2.56. The minimum absolute atomic E-state index is 0.739. The Hall–Kier alpha value is -1.02. The number of hydrogen-bond acceptors (Lipinski definition) is 2. The van der Waals surface area contributed by atoms with Gasteiger partial charge in [0.1, 0.15) is 0 Å². The summed E-state index contributed by atoms with van der Waals surface area (Å²) < 4.78 is 0. The molecule has 16 heavy (non-hydrogen) atoms. The second-order valence-corrected chi connectivity index (χ2v) is 4.71. The molecular formula is C14H22N2. The summed E-state index contributed by atoms with van der Waals surface area (Å²) in [5, 5.41) is 0. The highest BCUT2D eigenvalue weighted by atomic mass is 15.1. The van der Waals surface area contributed by atoms with Crippen LogP contribution in [0.3, 0.4) is 0 Å². The summed E-state index contributed by atoms with van der Waals surface area (Å²) in [7, 11) is 0. The normalized spacial score (nSPS) is 16.5. The van der Waals surface area contributed by atoms with Crippen LogP contribution in [0.25, 0.3) is 0 Å². The van der Waals surface area contributed by atoms with E-state index in [9.17, 15) is 0 Å². The summed E-state index contributed by atoms with van der Waals surface area (Å²) in [5.74, 6) is 0. The minimum Gasteiger partial charge on any atom is -0.371 e. The first-order chi connectivity index (χ1) is 7.81. The van der Waals surface area contributed by atoms with E-state index >= 15 is 0 Å². The Labute approximate surface area is 98.4 Å². The van der Waals surface area contributed by atoms with Crippen LogP contribution in [0.15, 0.2) is 18.2 Å². The van der Waals surface area contributed by atoms with Crippen molar-refractivity contribution in [2.24, 2.45) is 5.73 Å².